The number of aliphatic hydroxyl groups excluding tert-OH is 1. The molecule has 1 atom stereocenters. The average molecular weight is 371 g/mol. The van der Waals surface area contributed by atoms with E-state index < -0.39 is 6.10 Å². The maximum absolute atomic E-state index is 12.2. The van der Waals surface area contributed by atoms with E-state index in [1.165, 1.54) is 6.42 Å². The van der Waals surface area contributed by atoms with Gasteiger partial charge in [0, 0.05) is 13.0 Å². The molecule has 1 aliphatic carbocycles. The summed E-state index contributed by atoms with van der Waals surface area (Å²) in [4.78, 5) is 12.2. The zero-order valence-electron chi connectivity index (χ0n) is 15.0. The van der Waals surface area contributed by atoms with E-state index in [0.717, 1.165) is 37.0 Å². The number of carbonyl (C=O) groups excluding carboxylic acids is 1. The van der Waals surface area contributed by atoms with Crippen molar-refractivity contribution in [1.29, 1.82) is 0 Å². The third-order valence-electron chi connectivity index (χ3n) is 4.85. The molecule has 142 valence electrons. The van der Waals surface area contributed by atoms with Gasteiger partial charge in [0.25, 0.3) is 0 Å². The van der Waals surface area contributed by atoms with Crippen molar-refractivity contribution < 1.29 is 14.6 Å². The highest BCUT2D eigenvalue weighted by Crippen LogP contribution is 2.38. The molecule has 2 rings (SSSR count). The zero-order valence-corrected chi connectivity index (χ0v) is 15.8. The number of rotatable bonds is 8. The van der Waals surface area contributed by atoms with Crippen LogP contribution in [0.25, 0.3) is 0 Å². The molecule has 0 bridgehead atoms. The Labute approximate surface area is 156 Å². The van der Waals surface area contributed by atoms with Gasteiger partial charge in [0.1, 0.15) is 18.5 Å². The quantitative estimate of drug-likeness (QED) is 0.656. The minimum atomic E-state index is -0.727. The van der Waals surface area contributed by atoms with Gasteiger partial charge in [-0.05, 0) is 49.4 Å². The first-order valence-electron chi connectivity index (χ1n) is 8.87. The van der Waals surface area contributed by atoms with E-state index >= 15 is 0 Å². The first-order valence-corrected chi connectivity index (χ1v) is 8.87. The summed E-state index contributed by atoms with van der Waals surface area (Å²) in [7, 11) is 0. The van der Waals surface area contributed by atoms with Gasteiger partial charge >= 0.3 is 0 Å². The molecule has 25 heavy (non-hydrogen) atoms. The summed E-state index contributed by atoms with van der Waals surface area (Å²) >= 11 is 0. The lowest BCUT2D eigenvalue weighted by Gasteiger charge is -2.35. The summed E-state index contributed by atoms with van der Waals surface area (Å²) in [6.07, 6.45) is 5.31. The molecule has 1 aromatic rings. The van der Waals surface area contributed by atoms with Crippen molar-refractivity contribution in [3.05, 3.63) is 29.8 Å². The van der Waals surface area contributed by atoms with Gasteiger partial charge in [-0.1, -0.05) is 31.4 Å². The van der Waals surface area contributed by atoms with Gasteiger partial charge in [-0.25, -0.2) is 0 Å². The molecule has 1 aliphatic rings. The number of aryl methyl sites for hydroxylation is 1. The number of amides is 1. The van der Waals surface area contributed by atoms with Crippen LogP contribution in [0.1, 0.15) is 44.1 Å². The summed E-state index contributed by atoms with van der Waals surface area (Å²) < 4.78 is 5.55. The van der Waals surface area contributed by atoms with Crippen molar-refractivity contribution in [3.8, 4) is 5.75 Å². The number of nitrogens with one attached hydrogen (secondary N) is 1. The monoisotopic (exact) mass is 370 g/mol. The van der Waals surface area contributed by atoms with Crippen LogP contribution in [0.5, 0.6) is 5.75 Å². The molecule has 1 fully saturated rings. The summed E-state index contributed by atoms with van der Waals surface area (Å²) in [6, 6.07) is 7.67. The van der Waals surface area contributed by atoms with Crippen molar-refractivity contribution in [2.75, 3.05) is 19.7 Å². The van der Waals surface area contributed by atoms with Gasteiger partial charge in [-0.3, -0.25) is 4.79 Å². The SMILES string of the molecule is Cc1cccc(OCC(O)CNC(=O)CC2(CN)CCCCC2)c1.Cl. The highest BCUT2D eigenvalue weighted by atomic mass is 35.5. The fraction of sp³-hybridized carbons (Fsp3) is 0.632. The summed E-state index contributed by atoms with van der Waals surface area (Å²) in [6.45, 7) is 2.90. The number of hydrogen-bond acceptors (Lipinski definition) is 4. The molecule has 0 aromatic heterocycles. The van der Waals surface area contributed by atoms with Crippen LogP contribution in [0.15, 0.2) is 24.3 Å². The Morgan fingerprint density at radius 2 is 2.08 bits per heavy atom. The van der Waals surface area contributed by atoms with Crippen LogP contribution in [0.3, 0.4) is 0 Å². The van der Waals surface area contributed by atoms with E-state index in [1.54, 1.807) is 0 Å². The molecule has 0 saturated heterocycles. The van der Waals surface area contributed by atoms with Gasteiger partial charge < -0.3 is 20.9 Å². The molecule has 1 unspecified atom stereocenters. The minimum Gasteiger partial charge on any atom is -0.491 e. The third-order valence-corrected chi connectivity index (χ3v) is 4.85. The number of ether oxygens (including phenoxy) is 1. The van der Waals surface area contributed by atoms with Crippen LogP contribution in [0.2, 0.25) is 0 Å². The Morgan fingerprint density at radius 1 is 1.36 bits per heavy atom. The molecule has 6 heteroatoms. The average Bonchev–Trinajstić information content (AvgIpc) is 2.59. The summed E-state index contributed by atoms with van der Waals surface area (Å²) in [5.74, 6) is 0.696. The lowest BCUT2D eigenvalue weighted by molar-refractivity contribution is -0.124. The zero-order chi connectivity index (χ0) is 17.4. The molecule has 0 radical (unpaired) electrons. The first-order chi connectivity index (χ1) is 11.5. The van der Waals surface area contributed by atoms with Gasteiger partial charge in [-0.15, -0.1) is 12.4 Å². The minimum absolute atomic E-state index is 0. The van der Waals surface area contributed by atoms with Crippen molar-refractivity contribution in [2.24, 2.45) is 11.1 Å². The second-order valence-electron chi connectivity index (χ2n) is 7.03. The van der Waals surface area contributed by atoms with E-state index in [-0.39, 0.29) is 36.9 Å². The van der Waals surface area contributed by atoms with E-state index in [0.29, 0.717) is 13.0 Å². The Kier molecular flexibility index (Phi) is 9.25. The molecule has 4 N–H and O–H groups in total. The normalized spacial score (nSPS) is 17.2. The largest absolute Gasteiger partial charge is 0.491 e. The highest BCUT2D eigenvalue weighted by Gasteiger charge is 2.32. The molecule has 1 amide bonds. The number of carbonyl (C=O) groups is 1. The lowest BCUT2D eigenvalue weighted by Crippen LogP contribution is -2.41. The fourth-order valence-corrected chi connectivity index (χ4v) is 3.35. The maximum Gasteiger partial charge on any atom is 0.220 e. The number of hydrogen-bond donors (Lipinski definition) is 3. The number of aliphatic hydroxyl groups is 1. The van der Waals surface area contributed by atoms with Crippen LogP contribution in [0.4, 0.5) is 0 Å². The molecular formula is C19H31ClN2O3. The topological polar surface area (TPSA) is 84.6 Å². The number of nitrogens with two attached hydrogens (primary N) is 1. The van der Waals surface area contributed by atoms with Gasteiger partial charge in [0.05, 0.1) is 0 Å². The molecule has 1 aromatic carbocycles. The molecule has 1 saturated carbocycles. The molecular weight excluding hydrogens is 340 g/mol. The second-order valence-corrected chi connectivity index (χ2v) is 7.03. The summed E-state index contributed by atoms with van der Waals surface area (Å²) in [5, 5.41) is 12.8. The third kappa shape index (κ3) is 7.22. The molecule has 5 nitrogen and oxygen atoms in total. The molecule has 0 heterocycles. The Balaban J connectivity index is 0.00000312. The highest BCUT2D eigenvalue weighted by molar-refractivity contribution is 5.85. The standard InChI is InChI=1S/C19H30N2O3.ClH/c1-15-6-5-7-17(10-15)24-13-16(22)12-21-18(23)11-19(14-20)8-3-2-4-9-19;/h5-7,10,16,22H,2-4,8-9,11-14,20H2,1H3,(H,21,23);1H. The van der Waals surface area contributed by atoms with Crippen molar-refractivity contribution in [2.45, 2.75) is 51.6 Å². The predicted molar refractivity (Wildman–Crippen MR) is 102 cm³/mol. The van der Waals surface area contributed by atoms with Gasteiger partial charge in [0.15, 0.2) is 0 Å². The van der Waals surface area contributed by atoms with Crippen molar-refractivity contribution in [1.82, 2.24) is 5.32 Å². The van der Waals surface area contributed by atoms with Crippen LogP contribution < -0.4 is 15.8 Å². The van der Waals surface area contributed by atoms with E-state index in [1.807, 2.05) is 31.2 Å². The van der Waals surface area contributed by atoms with Crippen LogP contribution in [-0.2, 0) is 4.79 Å². The number of halogens is 1. The Morgan fingerprint density at radius 3 is 2.72 bits per heavy atom. The number of benzene rings is 1. The van der Waals surface area contributed by atoms with E-state index in [4.69, 9.17) is 10.5 Å². The predicted octanol–water partition coefficient (Wildman–Crippen LogP) is 2.57. The smallest absolute Gasteiger partial charge is 0.220 e. The van der Waals surface area contributed by atoms with E-state index in [2.05, 4.69) is 5.32 Å². The molecule has 0 aliphatic heterocycles. The maximum atomic E-state index is 12.2. The first kappa shape index (κ1) is 21.7. The molecule has 0 spiro atoms. The van der Waals surface area contributed by atoms with Crippen LogP contribution >= 0.6 is 12.4 Å². The van der Waals surface area contributed by atoms with Crippen molar-refractivity contribution >= 4 is 18.3 Å². The lowest BCUT2D eigenvalue weighted by atomic mass is 9.71. The van der Waals surface area contributed by atoms with Crippen LogP contribution in [0, 0.1) is 12.3 Å². The van der Waals surface area contributed by atoms with Gasteiger partial charge in [-0.2, -0.15) is 0 Å². The second kappa shape index (κ2) is 10.6. The van der Waals surface area contributed by atoms with E-state index in [9.17, 15) is 9.90 Å². The Hall–Kier alpha value is -1.30. The van der Waals surface area contributed by atoms with Crippen LogP contribution in [-0.4, -0.2) is 36.8 Å². The summed E-state index contributed by atoms with van der Waals surface area (Å²) in [5.41, 5.74) is 6.97. The van der Waals surface area contributed by atoms with Crippen molar-refractivity contribution in [3.63, 3.8) is 0 Å². The van der Waals surface area contributed by atoms with Gasteiger partial charge in [0.2, 0.25) is 5.91 Å². The fourth-order valence-electron chi connectivity index (χ4n) is 3.35. The Bertz CT molecular complexity index is 533.